The van der Waals surface area contributed by atoms with Crippen LogP contribution in [0.3, 0.4) is 0 Å². The molecule has 2 rings (SSSR count). The summed E-state index contributed by atoms with van der Waals surface area (Å²) < 4.78 is 0. The van der Waals surface area contributed by atoms with Crippen LogP contribution >= 0.6 is 0 Å². The fourth-order valence-electron chi connectivity index (χ4n) is 1.61. The Morgan fingerprint density at radius 2 is 1.88 bits per heavy atom. The molecule has 0 bridgehead atoms. The monoisotopic (exact) mass is 210 g/mol. The van der Waals surface area contributed by atoms with Gasteiger partial charge in [0.1, 0.15) is 0 Å². The van der Waals surface area contributed by atoms with E-state index in [-0.39, 0.29) is 0 Å². The number of hydrogen-bond acceptors (Lipinski definition) is 2. The molecule has 2 nitrogen and oxygen atoms in total. The third-order valence-corrected chi connectivity index (χ3v) is 2.38. The molecule has 0 aliphatic rings. The summed E-state index contributed by atoms with van der Waals surface area (Å²) in [4.78, 5) is 4.10. The Kier molecular flexibility index (Phi) is 3.01. The lowest BCUT2D eigenvalue weighted by molar-refractivity contribution is 1.12. The summed E-state index contributed by atoms with van der Waals surface area (Å²) in [6.07, 6.45) is 4.36. The Morgan fingerprint density at radius 1 is 1.12 bits per heavy atom. The van der Waals surface area contributed by atoms with Crippen molar-refractivity contribution in [3.05, 3.63) is 66.6 Å². The summed E-state index contributed by atoms with van der Waals surface area (Å²) in [5.41, 5.74) is 9.73. The van der Waals surface area contributed by atoms with E-state index in [0.717, 1.165) is 12.0 Å². The molecule has 2 heteroatoms. The van der Waals surface area contributed by atoms with Crippen molar-refractivity contribution in [3.63, 3.8) is 0 Å². The molecule has 0 unspecified atom stereocenters. The molecule has 0 saturated heterocycles. The number of allylic oxidation sites excluding steroid dienone is 1. The van der Waals surface area contributed by atoms with Crippen molar-refractivity contribution >= 4 is 0 Å². The number of nitrogens with zero attached hydrogens (tertiary/aromatic N) is 1. The fraction of sp³-hybridized carbons (Fsp3) is 0.0714. The van der Waals surface area contributed by atoms with Gasteiger partial charge in [-0.2, -0.15) is 0 Å². The first kappa shape index (κ1) is 10.4. The van der Waals surface area contributed by atoms with Gasteiger partial charge >= 0.3 is 0 Å². The average molecular weight is 210 g/mol. The van der Waals surface area contributed by atoms with Crippen molar-refractivity contribution in [2.24, 2.45) is 5.73 Å². The number of rotatable bonds is 3. The topological polar surface area (TPSA) is 38.9 Å². The van der Waals surface area contributed by atoms with Gasteiger partial charge in [0.2, 0.25) is 0 Å². The molecule has 0 aliphatic heterocycles. The lowest BCUT2D eigenvalue weighted by Crippen LogP contribution is -1.98. The van der Waals surface area contributed by atoms with E-state index < -0.39 is 0 Å². The first-order chi connectivity index (χ1) is 7.75. The largest absolute Gasteiger partial charge is 0.402 e. The minimum atomic E-state index is 0.689. The molecule has 2 aromatic rings. The highest BCUT2D eigenvalue weighted by Crippen LogP contribution is 2.18. The summed E-state index contributed by atoms with van der Waals surface area (Å²) in [5, 5.41) is 0. The normalized spacial score (nSPS) is 10.0. The highest BCUT2D eigenvalue weighted by molar-refractivity contribution is 5.62. The number of hydrogen-bond donors (Lipinski definition) is 1. The van der Waals surface area contributed by atoms with Crippen LogP contribution in [-0.4, -0.2) is 4.98 Å². The van der Waals surface area contributed by atoms with Crippen molar-refractivity contribution < 1.29 is 0 Å². The lowest BCUT2D eigenvalue weighted by Gasteiger charge is -2.03. The minimum Gasteiger partial charge on any atom is -0.402 e. The van der Waals surface area contributed by atoms with Gasteiger partial charge in [0, 0.05) is 24.5 Å². The Morgan fingerprint density at radius 3 is 2.44 bits per heavy atom. The lowest BCUT2D eigenvalue weighted by atomic mass is 10.0. The molecular formula is C14H14N2. The fourth-order valence-corrected chi connectivity index (χ4v) is 1.61. The zero-order valence-corrected chi connectivity index (χ0v) is 9.06. The third kappa shape index (κ3) is 2.48. The molecule has 1 heterocycles. The summed E-state index contributed by atoms with van der Waals surface area (Å²) in [5.74, 6) is 0. The van der Waals surface area contributed by atoms with Gasteiger partial charge in [-0.15, -0.1) is 0 Å². The van der Waals surface area contributed by atoms with E-state index in [1.165, 1.54) is 11.1 Å². The summed E-state index contributed by atoms with van der Waals surface area (Å²) in [6, 6.07) is 12.3. The highest BCUT2D eigenvalue weighted by Gasteiger charge is 1.98. The molecule has 80 valence electrons. The predicted octanol–water partition coefficient (Wildman–Crippen LogP) is 2.76. The molecule has 0 amide bonds. The van der Waals surface area contributed by atoms with Crippen LogP contribution in [0.4, 0.5) is 0 Å². The van der Waals surface area contributed by atoms with E-state index in [0.29, 0.717) is 5.70 Å². The van der Waals surface area contributed by atoms with Crippen LogP contribution in [0.1, 0.15) is 5.56 Å². The number of aromatic nitrogens is 1. The molecule has 0 spiro atoms. The molecule has 1 aromatic carbocycles. The summed E-state index contributed by atoms with van der Waals surface area (Å²) in [6.45, 7) is 3.70. The minimum absolute atomic E-state index is 0.689. The second-order valence-electron chi connectivity index (χ2n) is 3.77. The molecule has 16 heavy (non-hydrogen) atoms. The quantitative estimate of drug-likeness (QED) is 0.846. The van der Waals surface area contributed by atoms with E-state index in [2.05, 4.69) is 35.8 Å². The maximum Gasteiger partial charge on any atom is 0.0346 e. The third-order valence-electron chi connectivity index (χ3n) is 2.38. The molecule has 0 atom stereocenters. The van der Waals surface area contributed by atoms with Gasteiger partial charge in [-0.3, -0.25) is 4.98 Å². The molecule has 0 aliphatic carbocycles. The zero-order valence-electron chi connectivity index (χ0n) is 9.06. The van der Waals surface area contributed by atoms with E-state index in [4.69, 9.17) is 5.73 Å². The van der Waals surface area contributed by atoms with Crippen molar-refractivity contribution in [1.82, 2.24) is 4.98 Å². The van der Waals surface area contributed by atoms with Crippen LogP contribution < -0.4 is 5.73 Å². The summed E-state index contributed by atoms with van der Waals surface area (Å²) >= 11 is 0. The van der Waals surface area contributed by atoms with Crippen LogP contribution in [0.25, 0.3) is 11.1 Å². The van der Waals surface area contributed by atoms with E-state index in [1.54, 1.807) is 6.20 Å². The Bertz CT molecular complexity index is 472. The summed E-state index contributed by atoms with van der Waals surface area (Å²) in [7, 11) is 0. The van der Waals surface area contributed by atoms with Crippen LogP contribution in [0.15, 0.2) is 61.1 Å². The van der Waals surface area contributed by atoms with E-state index in [9.17, 15) is 0 Å². The van der Waals surface area contributed by atoms with Crippen molar-refractivity contribution in [3.8, 4) is 11.1 Å². The molecule has 0 saturated carbocycles. The smallest absolute Gasteiger partial charge is 0.0346 e. The second-order valence-corrected chi connectivity index (χ2v) is 3.77. The maximum atomic E-state index is 5.57. The van der Waals surface area contributed by atoms with Crippen LogP contribution in [0.2, 0.25) is 0 Å². The molecule has 1 aromatic heterocycles. The van der Waals surface area contributed by atoms with E-state index in [1.807, 2.05) is 18.3 Å². The molecular weight excluding hydrogens is 196 g/mol. The maximum absolute atomic E-state index is 5.57. The number of benzene rings is 1. The predicted molar refractivity (Wildman–Crippen MR) is 66.7 cm³/mol. The van der Waals surface area contributed by atoms with Crippen molar-refractivity contribution in [2.75, 3.05) is 0 Å². The number of pyridine rings is 1. The second kappa shape index (κ2) is 4.62. The van der Waals surface area contributed by atoms with Gasteiger partial charge in [0.05, 0.1) is 0 Å². The van der Waals surface area contributed by atoms with E-state index >= 15 is 0 Å². The Labute approximate surface area is 95.5 Å². The average Bonchev–Trinajstić information content (AvgIpc) is 2.30. The zero-order chi connectivity index (χ0) is 11.4. The van der Waals surface area contributed by atoms with Crippen LogP contribution in [0.5, 0.6) is 0 Å². The van der Waals surface area contributed by atoms with Crippen LogP contribution in [0, 0.1) is 0 Å². The SMILES string of the molecule is C=C(N)Cc1ccc(-c2cccnc2)cc1. The Hall–Kier alpha value is -2.09. The van der Waals surface area contributed by atoms with Gasteiger partial charge in [-0.25, -0.2) is 0 Å². The van der Waals surface area contributed by atoms with Crippen LogP contribution in [-0.2, 0) is 6.42 Å². The standard InChI is InChI=1S/C14H14N2/c1-11(15)9-12-4-6-13(7-5-12)14-3-2-8-16-10-14/h2-8,10H,1,9,15H2. The number of nitrogens with two attached hydrogens (primary N) is 1. The first-order valence-electron chi connectivity index (χ1n) is 5.18. The van der Waals surface area contributed by atoms with Gasteiger partial charge in [-0.05, 0) is 22.8 Å². The first-order valence-corrected chi connectivity index (χ1v) is 5.18. The van der Waals surface area contributed by atoms with Gasteiger partial charge < -0.3 is 5.73 Å². The van der Waals surface area contributed by atoms with Crippen molar-refractivity contribution in [1.29, 1.82) is 0 Å². The van der Waals surface area contributed by atoms with Crippen molar-refractivity contribution in [2.45, 2.75) is 6.42 Å². The van der Waals surface area contributed by atoms with Gasteiger partial charge in [0.15, 0.2) is 0 Å². The highest BCUT2D eigenvalue weighted by atomic mass is 14.6. The van der Waals surface area contributed by atoms with Gasteiger partial charge in [-0.1, -0.05) is 36.9 Å². The Balaban J connectivity index is 2.23. The molecule has 0 fully saturated rings. The van der Waals surface area contributed by atoms with Gasteiger partial charge in [0.25, 0.3) is 0 Å². The molecule has 0 radical (unpaired) electrons. The molecule has 2 N–H and O–H groups in total.